The van der Waals surface area contributed by atoms with Crippen LogP contribution >= 0.6 is 0 Å². The zero-order chi connectivity index (χ0) is 20.4. The van der Waals surface area contributed by atoms with Crippen LogP contribution in [0.25, 0.3) is 0 Å². The number of hydrogen-bond donors (Lipinski definition) is 2. The topological polar surface area (TPSA) is 122 Å². The second kappa shape index (κ2) is 10.4. The van der Waals surface area contributed by atoms with Gasteiger partial charge in [0.25, 0.3) is 5.91 Å². The van der Waals surface area contributed by atoms with Gasteiger partial charge in [0.15, 0.2) is 6.61 Å². The summed E-state index contributed by atoms with van der Waals surface area (Å²) in [5, 5.41) is 4.30. The molecule has 0 radical (unpaired) electrons. The fourth-order valence-electron chi connectivity index (χ4n) is 2.08. The van der Waals surface area contributed by atoms with Crippen LogP contribution in [0.4, 0.5) is 4.79 Å². The van der Waals surface area contributed by atoms with Crippen LogP contribution in [0, 0.1) is 0 Å². The van der Waals surface area contributed by atoms with E-state index in [0.29, 0.717) is 13.1 Å². The van der Waals surface area contributed by atoms with E-state index in [-0.39, 0.29) is 17.0 Å². The molecular weight excluding hydrogens is 374 g/mol. The van der Waals surface area contributed by atoms with Gasteiger partial charge in [-0.25, -0.2) is 18.0 Å². The van der Waals surface area contributed by atoms with E-state index in [0.717, 1.165) is 0 Å². The fourth-order valence-corrected chi connectivity index (χ4v) is 3.59. The monoisotopic (exact) mass is 397 g/mol. The van der Waals surface area contributed by atoms with E-state index < -0.39 is 34.5 Å². The maximum atomic E-state index is 12.5. The molecule has 1 aromatic carbocycles. The molecule has 3 amide bonds. The highest BCUT2D eigenvalue weighted by atomic mass is 32.2. The Morgan fingerprint density at radius 2 is 1.89 bits per heavy atom. The van der Waals surface area contributed by atoms with Crippen molar-refractivity contribution < 1.29 is 27.5 Å². The summed E-state index contributed by atoms with van der Waals surface area (Å²) in [4.78, 5) is 34.9. The van der Waals surface area contributed by atoms with Gasteiger partial charge < -0.3 is 10.1 Å². The number of rotatable bonds is 9. The maximum Gasteiger partial charge on any atom is 0.338 e. The number of hydrogen-bond acceptors (Lipinski definition) is 6. The first-order valence-electron chi connectivity index (χ1n) is 8.22. The maximum absolute atomic E-state index is 12.5. The summed E-state index contributed by atoms with van der Waals surface area (Å²) in [6.45, 7) is 6.90. The quantitative estimate of drug-likeness (QED) is 0.471. The van der Waals surface area contributed by atoms with Gasteiger partial charge in [-0.1, -0.05) is 26.0 Å². The van der Waals surface area contributed by atoms with Crippen LogP contribution in [-0.4, -0.2) is 56.9 Å². The number of esters is 1. The Kier molecular flexibility index (Phi) is 8.63. The van der Waals surface area contributed by atoms with E-state index >= 15 is 0 Å². The molecule has 1 aromatic rings. The van der Waals surface area contributed by atoms with E-state index in [1.54, 1.807) is 13.8 Å². The Morgan fingerprint density at radius 1 is 1.22 bits per heavy atom. The van der Waals surface area contributed by atoms with Crippen LogP contribution in [0.3, 0.4) is 0 Å². The molecule has 0 aliphatic heterocycles. The lowest BCUT2D eigenvalue weighted by molar-refractivity contribution is -0.123. The van der Waals surface area contributed by atoms with Crippen LogP contribution < -0.4 is 10.6 Å². The summed E-state index contributed by atoms with van der Waals surface area (Å²) < 4.78 is 31.1. The minimum absolute atomic E-state index is 0.0212. The third-order valence-electron chi connectivity index (χ3n) is 3.41. The molecule has 0 atom stereocenters. The van der Waals surface area contributed by atoms with Crippen molar-refractivity contribution in [2.24, 2.45) is 0 Å². The van der Waals surface area contributed by atoms with Crippen molar-refractivity contribution in [3.63, 3.8) is 0 Å². The number of nitrogens with one attached hydrogen (secondary N) is 2. The molecule has 2 N–H and O–H groups in total. The molecule has 0 fully saturated rings. The first-order chi connectivity index (χ1) is 12.8. The average molecular weight is 397 g/mol. The first kappa shape index (κ1) is 22.3. The second-order valence-corrected chi connectivity index (χ2v) is 7.18. The van der Waals surface area contributed by atoms with Gasteiger partial charge in [0, 0.05) is 19.6 Å². The highest BCUT2D eigenvalue weighted by molar-refractivity contribution is 7.89. The molecule has 0 heterocycles. The van der Waals surface area contributed by atoms with Crippen molar-refractivity contribution in [3.8, 4) is 0 Å². The van der Waals surface area contributed by atoms with Gasteiger partial charge in [-0.3, -0.25) is 10.1 Å². The molecule has 27 heavy (non-hydrogen) atoms. The Morgan fingerprint density at radius 3 is 2.48 bits per heavy atom. The van der Waals surface area contributed by atoms with Crippen LogP contribution in [0.1, 0.15) is 24.2 Å². The van der Waals surface area contributed by atoms with Gasteiger partial charge in [0.05, 0.1) is 10.5 Å². The molecule has 0 saturated carbocycles. The van der Waals surface area contributed by atoms with Crippen LogP contribution in [-0.2, 0) is 19.6 Å². The number of carbonyl (C=O) groups is 3. The molecular formula is C17H23N3O6S. The SMILES string of the molecule is C=CCNC(=O)NC(=O)COC(=O)c1cccc(S(=O)(=O)N(CC)CC)c1. The van der Waals surface area contributed by atoms with Crippen molar-refractivity contribution in [2.45, 2.75) is 18.7 Å². The first-order valence-corrected chi connectivity index (χ1v) is 9.66. The zero-order valence-electron chi connectivity index (χ0n) is 15.2. The van der Waals surface area contributed by atoms with Gasteiger partial charge >= 0.3 is 12.0 Å². The van der Waals surface area contributed by atoms with E-state index in [2.05, 4.69) is 11.9 Å². The Bertz CT molecular complexity index is 803. The molecule has 9 nitrogen and oxygen atoms in total. The minimum Gasteiger partial charge on any atom is -0.452 e. The molecule has 0 spiro atoms. The number of carbonyl (C=O) groups excluding carboxylic acids is 3. The number of benzene rings is 1. The second-order valence-electron chi connectivity index (χ2n) is 5.24. The lowest BCUT2D eigenvalue weighted by Crippen LogP contribution is -2.41. The van der Waals surface area contributed by atoms with Crippen molar-refractivity contribution in [1.29, 1.82) is 0 Å². The molecule has 0 aromatic heterocycles. The largest absolute Gasteiger partial charge is 0.452 e. The zero-order valence-corrected chi connectivity index (χ0v) is 16.0. The van der Waals surface area contributed by atoms with Gasteiger partial charge in [0.2, 0.25) is 10.0 Å². The lowest BCUT2D eigenvalue weighted by Gasteiger charge is -2.18. The average Bonchev–Trinajstić information content (AvgIpc) is 2.65. The van der Waals surface area contributed by atoms with Crippen LogP contribution in [0.2, 0.25) is 0 Å². The lowest BCUT2D eigenvalue weighted by atomic mass is 10.2. The molecule has 148 valence electrons. The predicted molar refractivity (Wildman–Crippen MR) is 98.6 cm³/mol. The van der Waals surface area contributed by atoms with Crippen molar-refractivity contribution >= 4 is 27.9 Å². The Balaban J connectivity index is 2.76. The third-order valence-corrected chi connectivity index (χ3v) is 5.45. The molecule has 0 aliphatic rings. The molecule has 0 bridgehead atoms. The van der Waals surface area contributed by atoms with E-state index in [4.69, 9.17) is 4.74 Å². The third kappa shape index (κ3) is 6.50. The summed E-state index contributed by atoms with van der Waals surface area (Å²) in [6, 6.07) is 4.60. The Hall–Kier alpha value is -2.72. The standard InChI is InChI=1S/C17H23N3O6S/c1-4-10-18-17(23)19-15(21)12-26-16(22)13-8-7-9-14(11-13)27(24,25)20(5-2)6-3/h4,7-9,11H,1,5-6,10,12H2,2-3H3,(H2,18,19,21,23). The number of urea groups is 1. The number of amides is 3. The van der Waals surface area contributed by atoms with Crippen LogP contribution in [0.15, 0.2) is 41.8 Å². The molecule has 0 aliphatic carbocycles. The van der Waals surface area contributed by atoms with Crippen molar-refractivity contribution in [3.05, 3.63) is 42.5 Å². The molecule has 10 heteroatoms. The minimum atomic E-state index is -3.73. The molecule has 0 saturated heterocycles. The van der Waals surface area contributed by atoms with Crippen LogP contribution in [0.5, 0.6) is 0 Å². The summed E-state index contributed by atoms with van der Waals surface area (Å²) in [7, 11) is -3.73. The normalized spacial score (nSPS) is 10.9. The Labute approximate surface area is 158 Å². The highest BCUT2D eigenvalue weighted by Gasteiger charge is 2.23. The summed E-state index contributed by atoms with van der Waals surface area (Å²) in [5.74, 6) is -1.70. The fraction of sp³-hybridized carbons (Fsp3) is 0.353. The van der Waals surface area contributed by atoms with E-state index in [9.17, 15) is 22.8 Å². The van der Waals surface area contributed by atoms with Gasteiger partial charge in [-0.2, -0.15) is 4.31 Å². The number of ether oxygens (including phenoxy) is 1. The number of sulfonamides is 1. The van der Waals surface area contributed by atoms with Crippen molar-refractivity contribution in [2.75, 3.05) is 26.2 Å². The van der Waals surface area contributed by atoms with E-state index in [1.165, 1.54) is 34.6 Å². The number of nitrogens with zero attached hydrogens (tertiary/aromatic N) is 1. The summed E-state index contributed by atoms with van der Waals surface area (Å²) in [6.07, 6.45) is 1.43. The molecule has 1 rings (SSSR count). The smallest absolute Gasteiger partial charge is 0.338 e. The molecule has 0 unspecified atom stereocenters. The summed E-state index contributed by atoms with van der Waals surface area (Å²) >= 11 is 0. The predicted octanol–water partition coefficient (Wildman–Crippen LogP) is 0.886. The highest BCUT2D eigenvalue weighted by Crippen LogP contribution is 2.17. The van der Waals surface area contributed by atoms with Gasteiger partial charge in [0.1, 0.15) is 0 Å². The van der Waals surface area contributed by atoms with Gasteiger partial charge in [-0.05, 0) is 18.2 Å². The van der Waals surface area contributed by atoms with Crippen molar-refractivity contribution in [1.82, 2.24) is 14.9 Å². The van der Waals surface area contributed by atoms with Gasteiger partial charge in [-0.15, -0.1) is 6.58 Å². The summed E-state index contributed by atoms with van der Waals surface area (Å²) in [5.41, 5.74) is -0.0212. The van der Waals surface area contributed by atoms with E-state index in [1.807, 2.05) is 5.32 Å². The number of imide groups is 1.